The van der Waals surface area contributed by atoms with Crippen molar-refractivity contribution in [2.75, 3.05) is 4.90 Å². The molecular weight excluding hydrogens is 627 g/mol. The van der Waals surface area contributed by atoms with Crippen molar-refractivity contribution in [2.45, 2.75) is 43.4 Å². The number of hydrogen-bond acceptors (Lipinski definition) is 1. The molecule has 0 amide bonds. The highest BCUT2D eigenvalue weighted by Gasteiger charge is 2.52. The smallest absolute Gasteiger partial charge is 0.0731 e. The fourth-order valence-corrected chi connectivity index (χ4v) is 10.2. The number of fused-ring (bicyclic) bond motifs is 14. The summed E-state index contributed by atoms with van der Waals surface area (Å²) in [4.78, 5) is 2.43. The highest BCUT2D eigenvalue weighted by atomic mass is 15.1. The second-order valence-corrected chi connectivity index (χ2v) is 15.0. The summed E-state index contributed by atoms with van der Waals surface area (Å²) < 4.78 is 0. The molecule has 52 heavy (non-hydrogen) atoms. The maximum atomic E-state index is 2.43. The molecule has 1 nitrogen and oxygen atoms in total. The van der Waals surface area contributed by atoms with Crippen molar-refractivity contribution in [3.8, 4) is 22.3 Å². The summed E-state index contributed by atoms with van der Waals surface area (Å²) in [5.41, 5.74) is 15.6. The van der Waals surface area contributed by atoms with Crippen LogP contribution in [0.4, 0.5) is 17.1 Å². The zero-order chi connectivity index (χ0) is 34.2. The Kier molecular flexibility index (Phi) is 6.61. The summed E-state index contributed by atoms with van der Waals surface area (Å²) in [5, 5.41) is 5.18. The van der Waals surface area contributed by atoms with Gasteiger partial charge in [0.05, 0.1) is 5.41 Å². The molecule has 1 fully saturated rings. The van der Waals surface area contributed by atoms with Crippen molar-refractivity contribution < 1.29 is 0 Å². The summed E-state index contributed by atoms with van der Waals surface area (Å²) in [6, 6.07) is 64.2. The van der Waals surface area contributed by atoms with Gasteiger partial charge in [0.15, 0.2) is 0 Å². The van der Waals surface area contributed by atoms with E-state index in [4.69, 9.17) is 0 Å². The maximum Gasteiger partial charge on any atom is 0.0731 e. The monoisotopic (exact) mass is 665 g/mol. The van der Waals surface area contributed by atoms with Gasteiger partial charge in [-0.15, -0.1) is 0 Å². The summed E-state index contributed by atoms with van der Waals surface area (Å²) in [5.74, 6) is 0.690. The van der Waals surface area contributed by atoms with Gasteiger partial charge in [-0.3, -0.25) is 0 Å². The number of benzene rings is 8. The maximum absolute atomic E-state index is 2.43. The Labute approximate surface area is 305 Å². The van der Waals surface area contributed by atoms with E-state index in [0.717, 1.165) is 0 Å². The van der Waals surface area contributed by atoms with Crippen LogP contribution in [0.2, 0.25) is 0 Å². The van der Waals surface area contributed by atoms with Crippen LogP contribution < -0.4 is 4.90 Å². The van der Waals surface area contributed by atoms with Crippen molar-refractivity contribution in [3.05, 3.63) is 198 Å². The predicted octanol–water partition coefficient (Wildman–Crippen LogP) is 13.9. The van der Waals surface area contributed by atoms with Crippen molar-refractivity contribution in [3.63, 3.8) is 0 Å². The minimum Gasteiger partial charge on any atom is -0.310 e. The average Bonchev–Trinajstić information content (AvgIpc) is 3.70. The van der Waals surface area contributed by atoms with Crippen LogP contribution in [0.3, 0.4) is 0 Å². The molecule has 11 rings (SSSR count). The van der Waals surface area contributed by atoms with Crippen molar-refractivity contribution in [1.82, 2.24) is 0 Å². The molecule has 1 spiro atoms. The molecule has 0 atom stereocenters. The lowest BCUT2D eigenvalue weighted by atomic mass is 9.69. The van der Waals surface area contributed by atoms with Crippen LogP contribution in [-0.4, -0.2) is 0 Å². The Balaban J connectivity index is 1.15. The first-order valence-electron chi connectivity index (χ1n) is 19.0. The van der Waals surface area contributed by atoms with E-state index in [1.165, 1.54) is 121 Å². The Hall–Kier alpha value is -5.92. The first-order valence-corrected chi connectivity index (χ1v) is 19.0. The van der Waals surface area contributed by atoms with Crippen LogP contribution in [0, 0.1) is 0 Å². The number of nitrogens with zero attached hydrogens (tertiary/aromatic N) is 1. The molecule has 0 heterocycles. The molecule has 0 bridgehead atoms. The van der Waals surface area contributed by atoms with Crippen LogP contribution in [0.25, 0.3) is 43.8 Å². The highest BCUT2D eigenvalue weighted by molar-refractivity contribution is 6.11. The Bertz CT molecular complexity index is 2620. The van der Waals surface area contributed by atoms with Crippen LogP contribution in [-0.2, 0) is 5.41 Å². The lowest BCUT2D eigenvalue weighted by Crippen LogP contribution is -2.26. The molecule has 1 heteroatoms. The summed E-state index contributed by atoms with van der Waals surface area (Å²) in [7, 11) is 0. The number of rotatable bonds is 4. The summed E-state index contributed by atoms with van der Waals surface area (Å²) >= 11 is 0. The molecule has 3 aliphatic rings. The van der Waals surface area contributed by atoms with Gasteiger partial charge in [0.2, 0.25) is 0 Å². The van der Waals surface area contributed by atoms with Gasteiger partial charge >= 0.3 is 0 Å². The first kappa shape index (κ1) is 29.8. The van der Waals surface area contributed by atoms with E-state index in [1.54, 1.807) is 0 Å². The molecule has 0 saturated heterocycles. The molecular formula is C51H39N. The van der Waals surface area contributed by atoms with Gasteiger partial charge in [0.25, 0.3) is 0 Å². The minimum absolute atomic E-state index is 0.406. The molecule has 3 aliphatic carbocycles. The molecule has 0 unspecified atom stereocenters. The second-order valence-electron chi connectivity index (χ2n) is 15.0. The van der Waals surface area contributed by atoms with Crippen molar-refractivity contribution in [2.24, 2.45) is 0 Å². The SMILES string of the molecule is c1ccc(N(c2ccc(C3CCCCC3)cc2)c2ccc3c4c(ccc3c2)-c2c(ccc3ccccc23)C42c3ccccc3-c3ccccc32)cc1. The summed E-state index contributed by atoms with van der Waals surface area (Å²) in [6.07, 6.45) is 6.70. The largest absolute Gasteiger partial charge is 0.310 e. The Morgan fingerprint density at radius 3 is 1.83 bits per heavy atom. The molecule has 8 aromatic rings. The molecule has 248 valence electrons. The topological polar surface area (TPSA) is 3.24 Å². The third kappa shape index (κ3) is 4.17. The standard InChI is InChI=1S/C51H39N/c1-3-13-34(14-4-1)35-23-27-39(28-24-35)52(38-16-5-2-6-17-38)40-29-31-42-37(33-40)25-30-45-49-41-18-8-7-15-36(41)26-32-48(49)51(50(42)45)46-21-11-9-19-43(46)44-20-10-12-22-47(44)51/h2,5-12,15-34H,1,3-4,13-14H2. The van der Waals surface area contributed by atoms with Crippen molar-refractivity contribution in [1.29, 1.82) is 0 Å². The fraction of sp³-hybridized carbons (Fsp3) is 0.137. The van der Waals surface area contributed by atoms with E-state index in [-0.39, 0.29) is 0 Å². The first-order chi connectivity index (χ1) is 25.8. The quantitative estimate of drug-likeness (QED) is 0.181. The lowest BCUT2D eigenvalue weighted by Gasteiger charge is -2.32. The normalized spacial score (nSPS) is 15.4. The lowest BCUT2D eigenvalue weighted by molar-refractivity contribution is 0.443. The predicted molar refractivity (Wildman–Crippen MR) is 218 cm³/mol. The van der Waals surface area contributed by atoms with Gasteiger partial charge in [-0.1, -0.05) is 153 Å². The Morgan fingerprint density at radius 1 is 0.423 bits per heavy atom. The van der Waals surface area contributed by atoms with E-state index in [0.29, 0.717) is 5.92 Å². The zero-order valence-corrected chi connectivity index (χ0v) is 29.2. The molecule has 0 aromatic heterocycles. The molecule has 1 saturated carbocycles. The number of para-hydroxylation sites is 1. The van der Waals surface area contributed by atoms with Crippen LogP contribution in [0.5, 0.6) is 0 Å². The second kappa shape index (κ2) is 11.6. The average molecular weight is 666 g/mol. The number of hydrogen-bond donors (Lipinski definition) is 0. The molecule has 0 radical (unpaired) electrons. The molecule has 0 N–H and O–H groups in total. The molecule has 0 aliphatic heterocycles. The fourth-order valence-electron chi connectivity index (χ4n) is 10.2. The van der Waals surface area contributed by atoms with Gasteiger partial charge in [0, 0.05) is 17.1 Å². The zero-order valence-electron chi connectivity index (χ0n) is 29.2. The highest BCUT2D eigenvalue weighted by Crippen LogP contribution is 2.65. The van der Waals surface area contributed by atoms with Gasteiger partial charge < -0.3 is 4.90 Å². The number of anilines is 3. The van der Waals surface area contributed by atoms with Gasteiger partial charge in [-0.2, -0.15) is 0 Å². The third-order valence-corrected chi connectivity index (χ3v) is 12.4. The third-order valence-electron chi connectivity index (χ3n) is 12.4. The van der Waals surface area contributed by atoms with E-state index < -0.39 is 5.41 Å². The Morgan fingerprint density at radius 2 is 1.06 bits per heavy atom. The van der Waals surface area contributed by atoms with E-state index in [9.17, 15) is 0 Å². The van der Waals surface area contributed by atoms with Gasteiger partial charge in [-0.05, 0) is 127 Å². The van der Waals surface area contributed by atoms with Gasteiger partial charge in [-0.25, -0.2) is 0 Å². The van der Waals surface area contributed by atoms with E-state index >= 15 is 0 Å². The van der Waals surface area contributed by atoms with Crippen LogP contribution >= 0.6 is 0 Å². The van der Waals surface area contributed by atoms with Crippen LogP contribution in [0.15, 0.2) is 170 Å². The van der Waals surface area contributed by atoms with E-state index in [1.807, 2.05) is 0 Å². The molecule has 8 aromatic carbocycles. The van der Waals surface area contributed by atoms with Crippen LogP contribution in [0.1, 0.15) is 65.8 Å². The minimum atomic E-state index is -0.406. The van der Waals surface area contributed by atoms with Crippen molar-refractivity contribution >= 4 is 38.6 Å². The van der Waals surface area contributed by atoms with Gasteiger partial charge in [0.1, 0.15) is 0 Å². The summed E-state index contributed by atoms with van der Waals surface area (Å²) in [6.45, 7) is 0. The van der Waals surface area contributed by atoms with E-state index in [2.05, 4.69) is 175 Å².